The van der Waals surface area contributed by atoms with Crippen molar-refractivity contribution in [1.82, 2.24) is 0 Å². The molecule has 0 spiro atoms. The van der Waals surface area contributed by atoms with Gasteiger partial charge in [-0.25, -0.2) is 0 Å². The summed E-state index contributed by atoms with van der Waals surface area (Å²) in [6.07, 6.45) is 0.954. The Balaban J connectivity index is 4.48. The van der Waals surface area contributed by atoms with Crippen LogP contribution in [-0.2, 0) is 20.9 Å². The summed E-state index contributed by atoms with van der Waals surface area (Å²) in [6, 6.07) is 0. The fourth-order valence-corrected chi connectivity index (χ4v) is 9.17. The second-order valence-corrected chi connectivity index (χ2v) is 9.78. The van der Waals surface area contributed by atoms with Crippen LogP contribution in [0.1, 0.15) is 27.2 Å². The fraction of sp³-hybridized carbons (Fsp3) is 1.00. The predicted octanol–water partition coefficient (Wildman–Crippen LogP) is 4.33. The van der Waals surface area contributed by atoms with Crippen LogP contribution in [0.3, 0.4) is 0 Å². The molecule has 0 saturated heterocycles. The number of rotatable bonds is 8. The molecule has 0 aliphatic rings. The first-order valence-corrected chi connectivity index (χ1v) is 10.5. The van der Waals surface area contributed by atoms with E-state index in [2.05, 4.69) is 18.6 Å². The van der Waals surface area contributed by atoms with Gasteiger partial charge in [0.15, 0.2) is 0 Å². The second kappa shape index (κ2) is 8.74. The van der Waals surface area contributed by atoms with Crippen molar-refractivity contribution < 1.29 is 9.05 Å². The molecule has 0 radical (unpaired) electrons. The molecule has 0 rings (SSSR count). The van der Waals surface area contributed by atoms with Crippen molar-refractivity contribution in [2.24, 2.45) is 0 Å². The molecule has 0 heterocycles. The smallest absolute Gasteiger partial charge is 0.202 e. The van der Waals surface area contributed by atoms with Crippen molar-refractivity contribution in [2.45, 2.75) is 32.2 Å². The summed E-state index contributed by atoms with van der Waals surface area (Å²) >= 11 is 9.61. The van der Waals surface area contributed by atoms with Gasteiger partial charge in [-0.2, -0.15) is 0 Å². The Morgan fingerprint density at radius 1 is 1.29 bits per heavy atom. The predicted molar refractivity (Wildman–Crippen MR) is 75.8 cm³/mol. The summed E-state index contributed by atoms with van der Waals surface area (Å²) in [7, 11) is 3.06. The molecule has 0 fully saturated rings. The summed E-state index contributed by atoms with van der Waals surface area (Å²) in [5, 5.41) is 0. The van der Waals surface area contributed by atoms with Crippen molar-refractivity contribution in [3.05, 3.63) is 0 Å². The van der Waals surface area contributed by atoms with Gasteiger partial charge in [0.1, 0.15) is 0 Å². The summed E-state index contributed by atoms with van der Waals surface area (Å²) in [4.78, 5) is 0.236. The summed E-state index contributed by atoms with van der Waals surface area (Å²) in [5.74, 6) is 0. The van der Waals surface area contributed by atoms with Crippen LogP contribution in [0, 0.1) is 0 Å². The average molecular weight is 292 g/mol. The minimum absolute atomic E-state index is 0.236. The first-order valence-electron chi connectivity index (χ1n) is 4.50. The Labute approximate surface area is 105 Å². The van der Waals surface area contributed by atoms with E-state index in [-0.39, 0.29) is 4.99 Å². The third-order valence-electron chi connectivity index (χ3n) is 1.47. The van der Waals surface area contributed by atoms with Crippen LogP contribution in [-0.4, -0.2) is 18.2 Å². The Bertz CT molecular complexity index is 181. The van der Waals surface area contributed by atoms with Crippen LogP contribution in [0.2, 0.25) is 0 Å². The van der Waals surface area contributed by atoms with Gasteiger partial charge in [-0.05, 0) is 41.9 Å². The Kier molecular flexibility index (Phi) is 9.75. The van der Waals surface area contributed by atoms with Gasteiger partial charge in [0, 0.05) is 0 Å². The van der Waals surface area contributed by atoms with Gasteiger partial charge in [0.05, 0.1) is 18.2 Å². The number of hydrogen-bond donors (Lipinski definition) is 1. The lowest BCUT2D eigenvalue weighted by molar-refractivity contribution is 0.264. The summed E-state index contributed by atoms with van der Waals surface area (Å²) in [6.45, 7) is 5.11. The third-order valence-corrected chi connectivity index (χ3v) is 9.53. The van der Waals surface area contributed by atoms with Crippen molar-refractivity contribution >= 4 is 50.6 Å². The van der Waals surface area contributed by atoms with Crippen LogP contribution in [0.15, 0.2) is 0 Å². The largest absolute Gasteiger partial charge is 0.329 e. The molecule has 0 amide bonds. The molecule has 2 nitrogen and oxygen atoms in total. The highest BCUT2D eigenvalue weighted by Gasteiger charge is 2.29. The van der Waals surface area contributed by atoms with Crippen LogP contribution in [0.4, 0.5) is 0 Å². The van der Waals surface area contributed by atoms with E-state index < -0.39 is 6.49 Å². The zero-order valence-corrected chi connectivity index (χ0v) is 12.9. The molecule has 1 atom stereocenters. The monoisotopic (exact) mass is 292 g/mol. The molecule has 0 aromatic rings. The van der Waals surface area contributed by atoms with E-state index in [0.29, 0.717) is 13.2 Å². The van der Waals surface area contributed by atoms with E-state index in [9.17, 15) is 0 Å². The van der Waals surface area contributed by atoms with Gasteiger partial charge in [-0.15, -0.1) is 0 Å². The molecule has 0 aromatic carbocycles. The highest BCUT2D eigenvalue weighted by Crippen LogP contribution is 2.61. The fourth-order valence-electron chi connectivity index (χ4n) is 0.957. The Morgan fingerprint density at radius 3 is 2.07 bits per heavy atom. The summed E-state index contributed by atoms with van der Waals surface area (Å²) < 4.78 is 11.2. The lowest BCUT2D eigenvalue weighted by Gasteiger charge is -2.27. The SMILES string of the molecule is CCOP(=S)(OCC)C(CC)SSS. The van der Waals surface area contributed by atoms with Crippen molar-refractivity contribution in [2.75, 3.05) is 13.2 Å². The minimum atomic E-state index is -2.12. The standard InChI is InChI=1S/C7H17O2PS4/c1-4-7(13-14-12)10(11,8-5-2)9-6-3/h7,12H,4-6H2,1-3H3. The molecule has 14 heavy (non-hydrogen) atoms. The van der Waals surface area contributed by atoms with Crippen LogP contribution in [0.25, 0.3) is 0 Å². The van der Waals surface area contributed by atoms with Crippen LogP contribution >= 0.6 is 38.8 Å². The molecule has 0 aliphatic carbocycles. The van der Waals surface area contributed by atoms with Gasteiger partial charge in [-0.1, -0.05) is 29.4 Å². The lowest BCUT2D eigenvalue weighted by atomic mass is 10.6. The maximum Gasteiger partial charge on any atom is 0.202 e. The molecule has 0 aliphatic heterocycles. The second-order valence-electron chi connectivity index (χ2n) is 2.41. The molecule has 1 unspecified atom stereocenters. The Hall–Kier alpha value is 1.62. The maximum absolute atomic E-state index is 5.61. The minimum Gasteiger partial charge on any atom is -0.329 e. The van der Waals surface area contributed by atoms with Crippen LogP contribution < -0.4 is 0 Å². The lowest BCUT2D eigenvalue weighted by Crippen LogP contribution is -2.07. The van der Waals surface area contributed by atoms with E-state index >= 15 is 0 Å². The zero-order valence-electron chi connectivity index (χ0n) is 8.63. The Morgan fingerprint density at radius 2 is 1.79 bits per heavy atom. The van der Waals surface area contributed by atoms with E-state index in [0.717, 1.165) is 6.42 Å². The number of thiol groups is 1. The highest BCUT2D eigenvalue weighted by atomic mass is 33.5. The molecular formula is C7H17O2PS4. The van der Waals surface area contributed by atoms with Gasteiger partial charge >= 0.3 is 0 Å². The third kappa shape index (κ3) is 5.10. The summed E-state index contributed by atoms with van der Waals surface area (Å²) in [5.41, 5.74) is 0. The molecule has 86 valence electrons. The first-order chi connectivity index (χ1) is 6.64. The molecule has 0 bridgehead atoms. The normalized spacial score (nSPS) is 14.3. The van der Waals surface area contributed by atoms with E-state index in [1.807, 2.05) is 13.8 Å². The topological polar surface area (TPSA) is 18.5 Å². The number of hydrogen-bond acceptors (Lipinski definition) is 6. The van der Waals surface area contributed by atoms with Gasteiger partial charge in [-0.3, -0.25) is 0 Å². The molecule has 7 heteroatoms. The van der Waals surface area contributed by atoms with Crippen molar-refractivity contribution in [3.63, 3.8) is 0 Å². The highest BCUT2D eigenvalue weighted by molar-refractivity contribution is 9.06. The average Bonchev–Trinajstić information content (AvgIpc) is 2.14. The van der Waals surface area contributed by atoms with E-state index in [1.54, 1.807) is 10.8 Å². The molecule has 0 saturated carbocycles. The van der Waals surface area contributed by atoms with Crippen LogP contribution in [0.5, 0.6) is 0 Å². The maximum atomic E-state index is 5.61. The van der Waals surface area contributed by atoms with E-state index in [1.165, 1.54) is 9.83 Å². The quantitative estimate of drug-likeness (QED) is 0.406. The molecule has 0 aromatic heterocycles. The molecule has 0 N–H and O–H groups in total. The van der Waals surface area contributed by atoms with Gasteiger partial charge in [0.25, 0.3) is 0 Å². The zero-order chi connectivity index (χ0) is 11.0. The first kappa shape index (κ1) is 15.6. The molecular weight excluding hydrogens is 275 g/mol. The van der Waals surface area contributed by atoms with Crippen molar-refractivity contribution in [3.8, 4) is 0 Å². The van der Waals surface area contributed by atoms with Crippen molar-refractivity contribution in [1.29, 1.82) is 0 Å². The van der Waals surface area contributed by atoms with E-state index in [4.69, 9.17) is 20.9 Å². The van der Waals surface area contributed by atoms with Gasteiger partial charge in [0.2, 0.25) is 6.49 Å². The van der Waals surface area contributed by atoms with Gasteiger partial charge < -0.3 is 9.05 Å².